The molecule has 1 aliphatic carbocycles. The van der Waals surface area contributed by atoms with Crippen LogP contribution in [0.25, 0.3) is 10.2 Å². The molecule has 1 aromatic carbocycles. The van der Waals surface area contributed by atoms with E-state index in [1.54, 1.807) is 0 Å². The molecule has 1 aliphatic rings. The Morgan fingerprint density at radius 3 is 2.95 bits per heavy atom. The van der Waals surface area contributed by atoms with Gasteiger partial charge in [-0.2, -0.15) is 0 Å². The van der Waals surface area contributed by atoms with Gasteiger partial charge in [-0.05, 0) is 44.0 Å². The first kappa shape index (κ1) is 14.0. The van der Waals surface area contributed by atoms with E-state index in [-0.39, 0.29) is 0 Å². The van der Waals surface area contributed by atoms with Crippen LogP contribution in [0.4, 0.5) is 0 Å². The normalized spacial score (nSPS) is 22.9. The van der Waals surface area contributed by atoms with Crippen molar-refractivity contribution in [3.05, 3.63) is 29.3 Å². The van der Waals surface area contributed by atoms with Crippen LogP contribution in [0.15, 0.2) is 24.3 Å². The fourth-order valence-corrected chi connectivity index (χ4v) is 4.39. The van der Waals surface area contributed by atoms with E-state index >= 15 is 0 Å². The zero-order chi connectivity index (χ0) is 13.9. The summed E-state index contributed by atoms with van der Waals surface area (Å²) in [4.78, 5) is 7.34. The van der Waals surface area contributed by atoms with Crippen molar-refractivity contribution in [3.8, 4) is 0 Å². The Labute approximate surface area is 124 Å². The lowest BCUT2D eigenvalue weighted by Gasteiger charge is -2.31. The third-order valence-electron chi connectivity index (χ3n) is 4.47. The van der Waals surface area contributed by atoms with E-state index in [1.165, 1.54) is 29.0 Å². The van der Waals surface area contributed by atoms with Crippen LogP contribution in [-0.4, -0.2) is 29.0 Å². The summed E-state index contributed by atoms with van der Waals surface area (Å²) in [7, 11) is 0. The standard InChI is InChI=1S/C16H23N3S/c1-2-19(14-8-5-6-12(14)10-17)11-16-18-13-7-3-4-9-15(13)20-16/h3-4,7,9,12,14H,2,5-6,8,10-11,17H2,1H3. The third kappa shape index (κ3) is 2.73. The number of nitrogens with zero attached hydrogens (tertiary/aromatic N) is 2. The highest BCUT2D eigenvalue weighted by Crippen LogP contribution is 2.31. The monoisotopic (exact) mass is 289 g/mol. The summed E-state index contributed by atoms with van der Waals surface area (Å²) < 4.78 is 1.29. The van der Waals surface area contributed by atoms with Gasteiger partial charge >= 0.3 is 0 Å². The molecular formula is C16H23N3S. The summed E-state index contributed by atoms with van der Waals surface area (Å²) >= 11 is 1.82. The van der Waals surface area contributed by atoms with E-state index in [4.69, 9.17) is 10.7 Å². The van der Waals surface area contributed by atoms with Crippen molar-refractivity contribution in [1.29, 1.82) is 0 Å². The molecule has 2 N–H and O–H groups in total. The summed E-state index contributed by atoms with van der Waals surface area (Å²) in [6, 6.07) is 9.06. The number of hydrogen-bond acceptors (Lipinski definition) is 4. The second-order valence-corrected chi connectivity index (χ2v) is 6.75. The molecular weight excluding hydrogens is 266 g/mol. The predicted molar refractivity (Wildman–Crippen MR) is 85.9 cm³/mol. The van der Waals surface area contributed by atoms with Gasteiger partial charge < -0.3 is 5.73 Å². The van der Waals surface area contributed by atoms with Crippen LogP contribution in [0, 0.1) is 5.92 Å². The van der Waals surface area contributed by atoms with Crippen molar-refractivity contribution in [3.63, 3.8) is 0 Å². The largest absolute Gasteiger partial charge is 0.330 e. The van der Waals surface area contributed by atoms with Crippen LogP contribution in [0.1, 0.15) is 31.2 Å². The Kier molecular flexibility index (Phi) is 4.34. The first-order valence-electron chi connectivity index (χ1n) is 7.60. The average Bonchev–Trinajstić information content (AvgIpc) is 3.10. The van der Waals surface area contributed by atoms with Gasteiger partial charge in [0.2, 0.25) is 0 Å². The van der Waals surface area contributed by atoms with Gasteiger partial charge in [-0.25, -0.2) is 4.98 Å². The van der Waals surface area contributed by atoms with E-state index in [2.05, 4.69) is 36.1 Å². The molecule has 4 heteroatoms. The third-order valence-corrected chi connectivity index (χ3v) is 5.49. The topological polar surface area (TPSA) is 42.2 Å². The summed E-state index contributed by atoms with van der Waals surface area (Å²) in [5, 5.41) is 1.23. The van der Waals surface area contributed by atoms with Crippen molar-refractivity contribution in [2.75, 3.05) is 13.1 Å². The quantitative estimate of drug-likeness (QED) is 0.919. The summed E-state index contributed by atoms with van der Waals surface area (Å²) in [6.45, 7) is 5.12. The maximum atomic E-state index is 5.93. The van der Waals surface area contributed by atoms with Crippen LogP contribution < -0.4 is 5.73 Å². The smallest absolute Gasteiger partial charge is 0.108 e. The summed E-state index contributed by atoms with van der Waals surface area (Å²) in [5.74, 6) is 0.671. The van der Waals surface area contributed by atoms with E-state index in [1.807, 2.05) is 11.3 Å². The van der Waals surface area contributed by atoms with E-state index in [0.717, 1.165) is 25.2 Å². The summed E-state index contributed by atoms with van der Waals surface area (Å²) in [5.41, 5.74) is 7.06. The Hall–Kier alpha value is -0.970. The number of aromatic nitrogens is 1. The molecule has 2 unspecified atom stereocenters. The lowest BCUT2D eigenvalue weighted by atomic mass is 10.0. The molecule has 1 aromatic heterocycles. The Morgan fingerprint density at radius 1 is 1.35 bits per heavy atom. The van der Waals surface area contributed by atoms with Crippen LogP contribution in [0.3, 0.4) is 0 Å². The Bertz CT molecular complexity index is 533. The van der Waals surface area contributed by atoms with Crippen LogP contribution in [0.2, 0.25) is 0 Å². The molecule has 3 rings (SSSR count). The van der Waals surface area contributed by atoms with Gasteiger partial charge in [-0.15, -0.1) is 11.3 Å². The molecule has 0 saturated heterocycles. The molecule has 0 bridgehead atoms. The van der Waals surface area contributed by atoms with E-state index < -0.39 is 0 Å². The molecule has 3 nitrogen and oxygen atoms in total. The fourth-order valence-electron chi connectivity index (χ4n) is 3.40. The first-order chi connectivity index (χ1) is 9.81. The van der Waals surface area contributed by atoms with E-state index in [9.17, 15) is 0 Å². The highest BCUT2D eigenvalue weighted by atomic mass is 32.1. The van der Waals surface area contributed by atoms with Crippen LogP contribution >= 0.6 is 11.3 Å². The minimum atomic E-state index is 0.650. The minimum Gasteiger partial charge on any atom is -0.330 e. The number of para-hydroxylation sites is 1. The molecule has 2 atom stereocenters. The van der Waals surface area contributed by atoms with Crippen LogP contribution in [0.5, 0.6) is 0 Å². The van der Waals surface area contributed by atoms with Gasteiger partial charge in [0.05, 0.1) is 16.8 Å². The van der Waals surface area contributed by atoms with Gasteiger partial charge in [0.1, 0.15) is 5.01 Å². The Morgan fingerprint density at radius 2 is 2.20 bits per heavy atom. The molecule has 20 heavy (non-hydrogen) atoms. The van der Waals surface area contributed by atoms with Crippen LogP contribution in [-0.2, 0) is 6.54 Å². The molecule has 0 radical (unpaired) electrons. The number of thiazole rings is 1. The van der Waals surface area contributed by atoms with Gasteiger partial charge in [0, 0.05) is 6.04 Å². The highest BCUT2D eigenvalue weighted by Gasteiger charge is 2.30. The molecule has 2 aromatic rings. The lowest BCUT2D eigenvalue weighted by molar-refractivity contribution is 0.162. The number of fused-ring (bicyclic) bond motifs is 1. The molecule has 1 heterocycles. The van der Waals surface area contributed by atoms with Gasteiger partial charge in [-0.3, -0.25) is 4.90 Å². The second-order valence-electron chi connectivity index (χ2n) is 5.63. The molecule has 108 valence electrons. The van der Waals surface area contributed by atoms with Crippen molar-refractivity contribution >= 4 is 21.6 Å². The number of rotatable bonds is 5. The van der Waals surface area contributed by atoms with Gasteiger partial charge in [-0.1, -0.05) is 25.5 Å². The van der Waals surface area contributed by atoms with Crippen molar-refractivity contribution in [2.45, 2.75) is 38.8 Å². The number of benzene rings is 1. The van der Waals surface area contributed by atoms with Crippen molar-refractivity contribution < 1.29 is 0 Å². The zero-order valence-electron chi connectivity index (χ0n) is 12.1. The van der Waals surface area contributed by atoms with Gasteiger partial charge in [0.15, 0.2) is 0 Å². The minimum absolute atomic E-state index is 0.650. The Balaban J connectivity index is 1.77. The van der Waals surface area contributed by atoms with Crippen molar-refractivity contribution in [2.24, 2.45) is 11.7 Å². The van der Waals surface area contributed by atoms with Crippen molar-refractivity contribution in [1.82, 2.24) is 9.88 Å². The maximum Gasteiger partial charge on any atom is 0.108 e. The zero-order valence-corrected chi connectivity index (χ0v) is 12.9. The number of hydrogen-bond donors (Lipinski definition) is 1. The predicted octanol–water partition coefficient (Wildman–Crippen LogP) is 3.25. The SMILES string of the molecule is CCN(Cc1nc2ccccc2s1)C1CCCC1CN. The average molecular weight is 289 g/mol. The highest BCUT2D eigenvalue weighted by molar-refractivity contribution is 7.18. The summed E-state index contributed by atoms with van der Waals surface area (Å²) in [6.07, 6.45) is 3.90. The van der Waals surface area contributed by atoms with Gasteiger partial charge in [0.25, 0.3) is 0 Å². The maximum absolute atomic E-state index is 5.93. The fraction of sp³-hybridized carbons (Fsp3) is 0.562. The molecule has 1 saturated carbocycles. The molecule has 0 aliphatic heterocycles. The van der Waals surface area contributed by atoms with E-state index in [0.29, 0.717) is 12.0 Å². The first-order valence-corrected chi connectivity index (χ1v) is 8.42. The molecule has 1 fully saturated rings. The molecule has 0 amide bonds. The number of nitrogens with two attached hydrogens (primary N) is 1. The second kappa shape index (κ2) is 6.20. The lowest BCUT2D eigenvalue weighted by Crippen LogP contribution is -2.39. The molecule has 0 spiro atoms.